The summed E-state index contributed by atoms with van der Waals surface area (Å²) in [5, 5.41) is 0.671. The van der Waals surface area contributed by atoms with Crippen LogP contribution in [0.3, 0.4) is 0 Å². The third-order valence-corrected chi connectivity index (χ3v) is 3.85. The van der Waals surface area contributed by atoms with Gasteiger partial charge in [-0.3, -0.25) is 4.79 Å². The van der Waals surface area contributed by atoms with Gasteiger partial charge in [0.1, 0.15) is 0 Å². The van der Waals surface area contributed by atoms with Gasteiger partial charge in [0, 0.05) is 24.2 Å². The third kappa shape index (κ3) is 3.24. The highest BCUT2D eigenvalue weighted by Gasteiger charge is 2.26. The molecular weight excluding hydrogens is 248 g/mol. The number of hydrogen-bond acceptors (Lipinski definition) is 2. The Labute approximate surface area is 113 Å². The first-order valence-corrected chi connectivity index (χ1v) is 6.72. The molecule has 2 N–H and O–H groups in total. The van der Waals surface area contributed by atoms with Gasteiger partial charge in [0.05, 0.1) is 6.42 Å². The van der Waals surface area contributed by atoms with Gasteiger partial charge in [0.15, 0.2) is 0 Å². The van der Waals surface area contributed by atoms with E-state index in [1.54, 1.807) is 0 Å². The number of nitrogens with two attached hydrogens (primary N) is 1. The number of likely N-dealkylation sites (tertiary alicyclic amines) is 1. The van der Waals surface area contributed by atoms with E-state index in [-0.39, 0.29) is 11.9 Å². The molecule has 1 aliphatic rings. The van der Waals surface area contributed by atoms with Gasteiger partial charge in [0.2, 0.25) is 5.91 Å². The van der Waals surface area contributed by atoms with Gasteiger partial charge in [-0.2, -0.15) is 0 Å². The van der Waals surface area contributed by atoms with Crippen LogP contribution in [0.2, 0.25) is 5.02 Å². The van der Waals surface area contributed by atoms with Crippen molar-refractivity contribution in [2.24, 2.45) is 11.7 Å². The van der Waals surface area contributed by atoms with Crippen molar-refractivity contribution in [3.05, 3.63) is 34.9 Å². The van der Waals surface area contributed by atoms with Crippen LogP contribution < -0.4 is 5.73 Å². The summed E-state index contributed by atoms with van der Waals surface area (Å²) in [6.45, 7) is 3.62. The highest BCUT2D eigenvalue weighted by Crippen LogP contribution is 2.17. The van der Waals surface area contributed by atoms with E-state index in [0.717, 1.165) is 18.5 Å². The quantitative estimate of drug-likeness (QED) is 0.891. The zero-order chi connectivity index (χ0) is 13.1. The summed E-state index contributed by atoms with van der Waals surface area (Å²) in [6, 6.07) is 7.55. The molecule has 1 heterocycles. The van der Waals surface area contributed by atoms with Crippen molar-refractivity contribution in [3.63, 3.8) is 0 Å². The predicted octanol–water partition coefficient (Wildman–Crippen LogP) is 2.08. The molecule has 1 aromatic rings. The number of amides is 1. The summed E-state index contributed by atoms with van der Waals surface area (Å²) in [5.74, 6) is 0.639. The molecule has 4 heteroatoms. The molecule has 0 aliphatic carbocycles. The maximum absolute atomic E-state index is 12.2. The van der Waals surface area contributed by atoms with Crippen LogP contribution in [-0.4, -0.2) is 29.9 Å². The largest absolute Gasteiger partial charge is 0.341 e. The molecule has 0 saturated carbocycles. The molecule has 1 aliphatic heterocycles. The van der Waals surface area contributed by atoms with Gasteiger partial charge in [-0.15, -0.1) is 0 Å². The van der Waals surface area contributed by atoms with Gasteiger partial charge in [0.25, 0.3) is 0 Å². The summed E-state index contributed by atoms with van der Waals surface area (Å²) in [7, 11) is 0. The molecular formula is C14H19ClN2O. The first-order chi connectivity index (χ1) is 8.56. The van der Waals surface area contributed by atoms with E-state index in [2.05, 4.69) is 6.92 Å². The molecule has 0 radical (unpaired) electrons. The summed E-state index contributed by atoms with van der Waals surface area (Å²) in [6.07, 6.45) is 1.39. The minimum absolute atomic E-state index is 0.0991. The Bertz CT molecular complexity index is 436. The number of rotatable bonds is 2. The van der Waals surface area contributed by atoms with Crippen LogP contribution in [-0.2, 0) is 11.2 Å². The molecule has 0 aromatic heterocycles. The van der Waals surface area contributed by atoms with Gasteiger partial charge in [-0.1, -0.05) is 30.7 Å². The lowest BCUT2D eigenvalue weighted by molar-refractivity contribution is -0.132. The number of nitrogens with zero attached hydrogens (tertiary/aromatic N) is 1. The fraction of sp³-hybridized carbons (Fsp3) is 0.500. The summed E-state index contributed by atoms with van der Waals surface area (Å²) < 4.78 is 0. The van der Waals surface area contributed by atoms with Gasteiger partial charge >= 0.3 is 0 Å². The molecule has 1 saturated heterocycles. The van der Waals surface area contributed by atoms with Crippen LogP contribution >= 0.6 is 11.6 Å². The van der Waals surface area contributed by atoms with E-state index in [1.165, 1.54) is 0 Å². The SMILES string of the molecule is CC1CCN(C(=O)Cc2cccc(Cl)c2)CC1N. The van der Waals surface area contributed by atoms with Crippen molar-refractivity contribution in [1.82, 2.24) is 4.90 Å². The number of hydrogen-bond donors (Lipinski definition) is 1. The fourth-order valence-corrected chi connectivity index (χ4v) is 2.47. The summed E-state index contributed by atoms with van der Waals surface area (Å²) in [4.78, 5) is 14.0. The van der Waals surface area contributed by atoms with Gasteiger partial charge in [-0.05, 0) is 30.0 Å². The van der Waals surface area contributed by atoms with Crippen LogP contribution in [0.4, 0.5) is 0 Å². The molecule has 0 spiro atoms. The van der Waals surface area contributed by atoms with Crippen molar-refractivity contribution in [3.8, 4) is 0 Å². The van der Waals surface area contributed by atoms with Crippen LogP contribution in [0.5, 0.6) is 0 Å². The smallest absolute Gasteiger partial charge is 0.227 e. The van der Waals surface area contributed by atoms with Gasteiger partial charge < -0.3 is 10.6 Å². The van der Waals surface area contributed by atoms with Gasteiger partial charge in [-0.25, -0.2) is 0 Å². The van der Waals surface area contributed by atoms with E-state index in [9.17, 15) is 4.79 Å². The molecule has 0 bridgehead atoms. The highest BCUT2D eigenvalue weighted by atomic mass is 35.5. The Morgan fingerprint density at radius 3 is 3.00 bits per heavy atom. The number of carbonyl (C=O) groups excluding carboxylic acids is 1. The molecule has 3 nitrogen and oxygen atoms in total. The molecule has 2 unspecified atom stereocenters. The lowest BCUT2D eigenvalue weighted by atomic mass is 9.94. The van der Waals surface area contributed by atoms with Crippen LogP contribution in [0.15, 0.2) is 24.3 Å². The number of carbonyl (C=O) groups is 1. The van der Waals surface area contributed by atoms with E-state index < -0.39 is 0 Å². The number of benzene rings is 1. The minimum Gasteiger partial charge on any atom is -0.341 e. The number of halogens is 1. The van der Waals surface area contributed by atoms with E-state index >= 15 is 0 Å². The summed E-state index contributed by atoms with van der Waals surface area (Å²) in [5.41, 5.74) is 6.97. The molecule has 1 amide bonds. The van der Waals surface area contributed by atoms with Crippen molar-refractivity contribution in [2.45, 2.75) is 25.8 Å². The van der Waals surface area contributed by atoms with Crippen molar-refractivity contribution < 1.29 is 4.79 Å². The second-order valence-electron chi connectivity index (χ2n) is 5.08. The normalized spacial score (nSPS) is 24.1. The van der Waals surface area contributed by atoms with Crippen molar-refractivity contribution in [2.75, 3.05) is 13.1 Å². The molecule has 1 fully saturated rings. The average molecular weight is 267 g/mol. The van der Waals surface area contributed by atoms with E-state index in [0.29, 0.717) is 23.9 Å². The topological polar surface area (TPSA) is 46.3 Å². The molecule has 2 atom stereocenters. The maximum Gasteiger partial charge on any atom is 0.227 e. The first-order valence-electron chi connectivity index (χ1n) is 6.34. The Morgan fingerprint density at radius 1 is 1.56 bits per heavy atom. The molecule has 1 aromatic carbocycles. The number of piperidine rings is 1. The third-order valence-electron chi connectivity index (χ3n) is 3.61. The lowest BCUT2D eigenvalue weighted by Gasteiger charge is -2.35. The Balaban J connectivity index is 1.96. The maximum atomic E-state index is 12.2. The van der Waals surface area contributed by atoms with E-state index in [4.69, 9.17) is 17.3 Å². The standard InChI is InChI=1S/C14H19ClN2O/c1-10-5-6-17(9-13(10)16)14(18)8-11-3-2-4-12(15)7-11/h2-4,7,10,13H,5-6,8-9,16H2,1H3. The zero-order valence-electron chi connectivity index (χ0n) is 10.6. The summed E-state index contributed by atoms with van der Waals surface area (Å²) >= 11 is 5.91. The Kier molecular flexibility index (Phi) is 4.25. The lowest BCUT2D eigenvalue weighted by Crippen LogP contribution is -2.50. The molecule has 98 valence electrons. The zero-order valence-corrected chi connectivity index (χ0v) is 11.4. The first kappa shape index (κ1) is 13.4. The monoisotopic (exact) mass is 266 g/mol. The van der Waals surface area contributed by atoms with Crippen LogP contribution in [0, 0.1) is 5.92 Å². The second kappa shape index (κ2) is 5.72. The fourth-order valence-electron chi connectivity index (χ4n) is 2.26. The predicted molar refractivity (Wildman–Crippen MR) is 73.5 cm³/mol. The average Bonchev–Trinajstić information content (AvgIpc) is 2.32. The second-order valence-corrected chi connectivity index (χ2v) is 5.51. The van der Waals surface area contributed by atoms with Crippen molar-refractivity contribution in [1.29, 1.82) is 0 Å². The van der Waals surface area contributed by atoms with E-state index in [1.807, 2.05) is 29.2 Å². The van der Waals surface area contributed by atoms with Crippen molar-refractivity contribution >= 4 is 17.5 Å². The molecule has 2 rings (SSSR count). The Morgan fingerprint density at radius 2 is 2.33 bits per heavy atom. The van der Waals surface area contributed by atoms with Crippen LogP contribution in [0.25, 0.3) is 0 Å². The minimum atomic E-state index is 0.0991. The van der Waals surface area contributed by atoms with Crippen LogP contribution in [0.1, 0.15) is 18.9 Å². The Hall–Kier alpha value is -1.06. The molecule has 18 heavy (non-hydrogen) atoms. The highest BCUT2D eigenvalue weighted by molar-refractivity contribution is 6.30.